The van der Waals surface area contributed by atoms with E-state index < -0.39 is 0 Å². The predicted molar refractivity (Wildman–Crippen MR) is 137 cm³/mol. The van der Waals surface area contributed by atoms with Gasteiger partial charge in [-0.3, -0.25) is 9.59 Å². The summed E-state index contributed by atoms with van der Waals surface area (Å²) in [5.41, 5.74) is 4.17. The number of amides is 2. The Morgan fingerprint density at radius 2 is 1.79 bits per heavy atom. The van der Waals surface area contributed by atoms with Gasteiger partial charge in [0, 0.05) is 32.1 Å². The highest BCUT2D eigenvalue weighted by atomic mass is 35.5. The number of halogens is 1. The summed E-state index contributed by atoms with van der Waals surface area (Å²) in [7, 11) is 0. The first-order chi connectivity index (χ1) is 16.0. The van der Waals surface area contributed by atoms with Gasteiger partial charge in [0.2, 0.25) is 5.91 Å². The maximum absolute atomic E-state index is 12.4. The van der Waals surface area contributed by atoms with Gasteiger partial charge in [-0.1, -0.05) is 53.6 Å². The first-order valence-electron chi connectivity index (χ1n) is 10.1. The third-order valence-electron chi connectivity index (χ3n) is 4.65. The Labute approximate surface area is 205 Å². The summed E-state index contributed by atoms with van der Waals surface area (Å²) < 4.78 is 0. The van der Waals surface area contributed by atoms with Crippen LogP contribution in [0.3, 0.4) is 0 Å². The van der Waals surface area contributed by atoms with Crippen molar-refractivity contribution >= 4 is 57.3 Å². The Morgan fingerprint density at radius 1 is 1.00 bits per heavy atom. The first kappa shape index (κ1) is 23.0. The normalized spacial score (nSPS) is 10.6. The minimum absolute atomic E-state index is 0.141. The minimum atomic E-state index is -0.245. The van der Waals surface area contributed by atoms with Crippen LogP contribution in [0, 0.1) is 6.92 Å². The second kappa shape index (κ2) is 10.7. The molecular weight excluding hydrogens is 474 g/mol. The Morgan fingerprint density at radius 3 is 2.58 bits per heavy atom. The van der Waals surface area contributed by atoms with Crippen molar-refractivity contribution in [1.82, 2.24) is 4.98 Å². The van der Waals surface area contributed by atoms with Gasteiger partial charge in [-0.2, -0.15) is 0 Å². The predicted octanol–water partition coefficient (Wildman–Crippen LogP) is 6.76. The van der Waals surface area contributed by atoms with Crippen LogP contribution < -0.4 is 10.6 Å². The zero-order chi connectivity index (χ0) is 23.2. The quantitative estimate of drug-likeness (QED) is 0.279. The van der Waals surface area contributed by atoms with Crippen molar-refractivity contribution < 1.29 is 9.59 Å². The SMILES string of the molecule is Cc1ccc(-c2csc(NC(=O)CSc3cccc(NC(=O)c4cccc(Cl)c4)c3)n2)cc1. The molecule has 0 spiro atoms. The Hall–Kier alpha value is -3.13. The van der Waals surface area contributed by atoms with E-state index in [2.05, 4.69) is 15.6 Å². The Balaban J connectivity index is 1.31. The average Bonchev–Trinajstić information content (AvgIpc) is 3.27. The van der Waals surface area contributed by atoms with Crippen molar-refractivity contribution in [1.29, 1.82) is 0 Å². The summed E-state index contributed by atoms with van der Waals surface area (Å²) >= 11 is 8.74. The zero-order valence-corrected chi connectivity index (χ0v) is 20.1. The highest BCUT2D eigenvalue weighted by Gasteiger charge is 2.10. The second-order valence-corrected chi connectivity index (χ2v) is 9.58. The van der Waals surface area contributed by atoms with Gasteiger partial charge in [0.15, 0.2) is 5.13 Å². The van der Waals surface area contributed by atoms with Crippen LogP contribution in [0.1, 0.15) is 15.9 Å². The van der Waals surface area contributed by atoms with Crippen molar-refractivity contribution in [2.45, 2.75) is 11.8 Å². The lowest BCUT2D eigenvalue weighted by molar-refractivity contribution is -0.113. The van der Waals surface area contributed by atoms with Crippen LogP contribution in [0.5, 0.6) is 0 Å². The van der Waals surface area contributed by atoms with Crippen molar-refractivity contribution in [3.05, 3.63) is 94.3 Å². The van der Waals surface area contributed by atoms with E-state index in [0.29, 0.717) is 21.4 Å². The van der Waals surface area contributed by atoms with Crippen molar-refractivity contribution in [3.8, 4) is 11.3 Å². The molecule has 0 aliphatic rings. The van der Waals surface area contributed by atoms with Gasteiger partial charge in [-0.05, 0) is 43.3 Å². The Kier molecular flexibility index (Phi) is 7.44. The van der Waals surface area contributed by atoms with Gasteiger partial charge < -0.3 is 10.6 Å². The molecule has 1 aromatic heterocycles. The summed E-state index contributed by atoms with van der Waals surface area (Å²) in [6.07, 6.45) is 0. The summed E-state index contributed by atoms with van der Waals surface area (Å²) in [6, 6.07) is 22.2. The number of thioether (sulfide) groups is 1. The molecule has 0 aliphatic carbocycles. The summed E-state index contributed by atoms with van der Waals surface area (Å²) in [6.45, 7) is 2.04. The molecular formula is C25H20ClN3O2S2. The number of hydrogen-bond donors (Lipinski definition) is 2. The van der Waals surface area contributed by atoms with Gasteiger partial charge in [0.25, 0.3) is 5.91 Å². The average molecular weight is 494 g/mol. The number of benzene rings is 3. The molecule has 3 aromatic carbocycles. The van der Waals surface area contributed by atoms with E-state index >= 15 is 0 Å². The zero-order valence-electron chi connectivity index (χ0n) is 17.7. The van der Waals surface area contributed by atoms with Crippen LogP contribution in [0.4, 0.5) is 10.8 Å². The highest BCUT2D eigenvalue weighted by Crippen LogP contribution is 2.26. The third kappa shape index (κ3) is 6.44. The lowest BCUT2D eigenvalue weighted by atomic mass is 10.1. The molecule has 8 heteroatoms. The molecule has 1 heterocycles. The molecule has 2 N–H and O–H groups in total. The fourth-order valence-electron chi connectivity index (χ4n) is 2.99. The largest absolute Gasteiger partial charge is 0.322 e. The first-order valence-corrected chi connectivity index (χ1v) is 12.3. The number of rotatable bonds is 7. The van der Waals surface area contributed by atoms with Gasteiger partial charge >= 0.3 is 0 Å². The molecule has 0 unspecified atom stereocenters. The second-order valence-electron chi connectivity index (χ2n) is 7.23. The monoisotopic (exact) mass is 493 g/mol. The van der Waals surface area contributed by atoms with Crippen molar-refractivity contribution in [2.24, 2.45) is 0 Å². The molecule has 166 valence electrons. The van der Waals surface area contributed by atoms with E-state index in [1.165, 1.54) is 28.7 Å². The van der Waals surface area contributed by atoms with Crippen LogP contribution in [0.25, 0.3) is 11.3 Å². The van der Waals surface area contributed by atoms with Crippen LogP contribution in [0.2, 0.25) is 5.02 Å². The number of nitrogens with zero attached hydrogens (tertiary/aromatic N) is 1. The number of aromatic nitrogens is 1. The van der Waals surface area contributed by atoms with E-state index in [1.807, 2.05) is 54.8 Å². The fraction of sp³-hybridized carbons (Fsp3) is 0.0800. The molecule has 5 nitrogen and oxygen atoms in total. The number of thiazole rings is 1. The van der Waals surface area contributed by atoms with Gasteiger partial charge in [0.05, 0.1) is 11.4 Å². The van der Waals surface area contributed by atoms with Crippen molar-refractivity contribution in [3.63, 3.8) is 0 Å². The molecule has 33 heavy (non-hydrogen) atoms. The number of aryl methyl sites for hydroxylation is 1. The van der Waals surface area contributed by atoms with Crippen LogP contribution in [0.15, 0.2) is 83.1 Å². The summed E-state index contributed by atoms with van der Waals surface area (Å²) in [5.74, 6) is -0.158. The molecule has 4 rings (SSSR count). The van der Waals surface area contributed by atoms with E-state index in [4.69, 9.17) is 11.6 Å². The van der Waals surface area contributed by atoms with Gasteiger partial charge in [-0.15, -0.1) is 23.1 Å². The molecule has 2 amide bonds. The number of carbonyl (C=O) groups is 2. The van der Waals surface area contributed by atoms with Crippen molar-refractivity contribution in [2.75, 3.05) is 16.4 Å². The van der Waals surface area contributed by atoms with E-state index in [0.717, 1.165) is 16.2 Å². The maximum atomic E-state index is 12.4. The topological polar surface area (TPSA) is 71.1 Å². The number of nitrogens with one attached hydrogen (secondary N) is 2. The van der Waals surface area contributed by atoms with Crippen LogP contribution in [-0.2, 0) is 4.79 Å². The minimum Gasteiger partial charge on any atom is -0.322 e. The van der Waals surface area contributed by atoms with Crippen LogP contribution in [-0.4, -0.2) is 22.6 Å². The standard InChI is InChI=1S/C25H20ClN3O2S2/c1-16-8-10-17(11-9-16)22-14-33-25(28-22)29-23(30)15-32-21-7-3-6-20(13-21)27-24(31)18-4-2-5-19(26)12-18/h2-14H,15H2,1H3,(H,27,31)(H,28,29,30). The highest BCUT2D eigenvalue weighted by molar-refractivity contribution is 8.00. The molecule has 0 saturated heterocycles. The fourth-order valence-corrected chi connectivity index (χ4v) is 4.67. The molecule has 0 bridgehead atoms. The van der Waals surface area contributed by atoms with E-state index in [9.17, 15) is 9.59 Å². The van der Waals surface area contributed by atoms with Crippen LogP contribution >= 0.6 is 34.7 Å². The summed E-state index contributed by atoms with van der Waals surface area (Å²) in [5, 5.41) is 8.71. The third-order valence-corrected chi connectivity index (χ3v) is 6.63. The van der Waals surface area contributed by atoms with E-state index in [1.54, 1.807) is 30.3 Å². The van der Waals surface area contributed by atoms with Gasteiger partial charge in [-0.25, -0.2) is 4.98 Å². The lowest BCUT2D eigenvalue weighted by Gasteiger charge is -2.08. The molecule has 4 aromatic rings. The molecule has 0 atom stereocenters. The molecule has 0 radical (unpaired) electrons. The number of anilines is 2. The lowest BCUT2D eigenvalue weighted by Crippen LogP contribution is -2.14. The Bertz CT molecular complexity index is 1290. The summed E-state index contributed by atoms with van der Waals surface area (Å²) in [4.78, 5) is 30.2. The molecule has 0 fully saturated rings. The van der Waals surface area contributed by atoms with E-state index in [-0.39, 0.29) is 17.6 Å². The maximum Gasteiger partial charge on any atom is 0.255 e. The number of carbonyl (C=O) groups excluding carboxylic acids is 2. The molecule has 0 saturated carbocycles. The van der Waals surface area contributed by atoms with Gasteiger partial charge in [0.1, 0.15) is 0 Å². The number of hydrogen-bond acceptors (Lipinski definition) is 5. The smallest absolute Gasteiger partial charge is 0.255 e. The molecule has 0 aliphatic heterocycles.